The van der Waals surface area contributed by atoms with Crippen molar-refractivity contribution in [3.8, 4) is 0 Å². The molecule has 98 valence electrons. The minimum Gasteiger partial charge on any atom is -0.339 e. The van der Waals surface area contributed by atoms with E-state index in [1.165, 1.54) is 0 Å². The first kappa shape index (κ1) is 14.2. The molecule has 1 rings (SSSR count). The molecule has 0 bridgehead atoms. The van der Waals surface area contributed by atoms with Gasteiger partial charge in [-0.1, -0.05) is 13.0 Å². The molecular weight excluding hydrogens is 214 g/mol. The summed E-state index contributed by atoms with van der Waals surface area (Å²) in [6.45, 7) is 11.6. The van der Waals surface area contributed by atoms with Gasteiger partial charge in [-0.2, -0.15) is 0 Å². The largest absolute Gasteiger partial charge is 0.339 e. The van der Waals surface area contributed by atoms with Crippen molar-refractivity contribution >= 4 is 5.91 Å². The zero-order valence-electron chi connectivity index (χ0n) is 11.1. The number of piperazine rings is 1. The van der Waals surface area contributed by atoms with E-state index >= 15 is 0 Å². The molecule has 4 nitrogen and oxygen atoms in total. The Balaban J connectivity index is 2.41. The van der Waals surface area contributed by atoms with Crippen molar-refractivity contribution in [2.24, 2.45) is 5.73 Å². The van der Waals surface area contributed by atoms with Crippen LogP contribution in [0.25, 0.3) is 0 Å². The van der Waals surface area contributed by atoms with Crippen LogP contribution in [0.1, 0.15) is 26.7 Å². The molecule has 2 unspecified atom stereocenters. The second-order valence-electron chi connectivity index (χ2n) is 4.75. The van der Waals surface area contributed by atoms with Gasteiger partial charge in [0.25, 0.3) is 0 Å². The summed E-state index contributed by atoms with van der Waals surface area (Å²) < 4.78 is 0. The third-order valence-corrected chi connectivity index (χ3v) is 3.58. The summed E-state index contributed by atoms with van der Waals surface area (Å²) in [7, 11) is 0. The zero-order valence-corrected chi connectivity index (χ0v) is 11.1. The van der Waals surface area contributed by atoms with Gasteiger partial charge in [-0.05, 0) is 19.8 Å². The summed E-state index contributed by atoms with van der Waals surface area (Å²) in [5.74, 6) is 0.0636. The molecule has 4 heteroatoms. The Kier molecular flexibility index (Phi) is 5.65. The van der Waals surface area contributed by atoms with Gasteiger partial charge < -0.3 is 10.6 Å². The number of hydrogen-bond acceptors (Lipinski definition) is 3. The molecule has 0 radical (unpaired) electrons. The molecule has 0 aliphatic carbocycles. The fourth-order valence-electron chi connectivity index (χ4n) is 2.16. The normalized spacial score (nSPS) is 21.0. The maximum atomic E-state index is 12.0. The minimum absolute atomic E-state index is 0.0636. The highest BCUT2D eigenvalue weighted by Crippen LogP contribution is 2.10. The van der Waals surface area contributed by atoms with Gasteiger partial charge in [-0.15, -0.1) is 6.58 Å². The van der Waals surface area contributed by atoms with E-state index in [-0.39, 0.29) is 5.91 Å². The first-order valence-electron chi connectivity index (χ1n) is 6.49. The SMILES string of the molecule is C=CCC(N)C(=O)N1CCN(C(C)CC)CC1. The summed E-state index contributed by atoms with van der Waals surface area (Å²) in [6.07, 6.45) is 3.42. The molecule has 0 saturated carbocycles. The molecule has 1 amide bonds. The predicted octanol–water partition coefficient (Wildman–Crippen LogP) is 0.833. The maximum absolute atomic E-state index is 12.0. The molecule has 1 aliphatic rings. The van der Waals surface area contributed by atoms with Gasteiger partial charge in [0.15, 0.2) is 0 Å². The zero-order chi connectivity index (χ0) is 12.8. The van der Waals surface area contributed by atoms with E-state index in [4.69, 9.17) is 5.73 Å². The van der Waals surface area contributed by atoms with E-state index in [2.05, 4.69) is 25.3 Å². The van der Waals surface area contributed by atoms with E-state index in [0.717, 1.165) is 32.6 Å². The van der Waals surface area contributed by atoms with Gasteiger partial charge >= 0.3 is 0 Å². The van der Waals surface area contributed by atoms with Gasteiger partial charge in [-0.3, -0.25) is 9.69 Å². The second kappa shape index (κ2) is 6.77. The lowest BCUT2D eigenvalue weighted by Gasteiger charge is -2.38. The molecule has 1 aliphatic heterocycles. The molecule has 0 aromatic rings. The lowest BCUT2D eigenvalue weighted by Crippen LogP contribution is -2.54. The number of nitrogens with zero attached hydrogens (tertiary/aromatic N) is 2. The van der Waals surface area contributed by atoms with Crippen LogP contribution in [0.3, 0.4) is 0 Å². The number of carbonyl (C=O) groups excluding carboxylic acids is 1. The molecule has 0 spiro atoms. The summed E-state index contributed by atoms with van der Waals surface area (Å²) in [4.78, 5) is 16.3. The quantitative estimate of drug-likeness (QED) is 0.723. The lowest BCUT2D eigenvalue weighted by molar-refractivity contribution is -0.134. The third kappa shape index (κ3) is 3.82. The van der Waals surface area contributed by atoms with Crippen LogP contribution in [-0.4, -0.2) is 54.0 Å². The fraction of sp³-hybridized carbons (Fsp3) is 0.769. The summed E-state index contributed by atoms with van der Waals surface area (Å²) in [5, 5.41) is 0. The Labute approximate surface area is 104 Å². The molecule has 17 heavy (non-hydrogen) atoms. The van der Waals surface area contributed by atoms with Crippen molar-refractivity contribution < 1.29 is 4.79 Å². The van der Waals surface area contributed by atoms with E-state index in [1.807, 2.05) is 4.90 Å². The average molecular weight is 239 g/mol. The number of carbonyl (C=O) groups is 1. The summed E-state index contributed by atoms with van der Waals surface area (Å²) in [6, 6.07) is 0.191. The van der Waals surface area contributed by atoms with Gasteiger partial charge in [0.2, 0.25) is 5.91 Å². The number of hydrogen-bond donors (Lipinski definition) is 1. The number of amides is 1. The predicted molar refractivity (Wildman–Crippen MR) is 70.7 cm³/mol. The standard InChI is InChI=1S/C13H25N3O/c1-4-6-12(14)13(17)16-9-7-15(8-10-16)11(3)5-2/h4,11-12H,1,5-10,14H2,2-3H3. The Morgan fingerprint density at radius 1 is 1.41 bits per heavy atom. The topological polar surface area (TPSA) is 49.6 Å². The van der Waals surface area contributed by atoms with Crippen LogP contribution in [0.2, 0.25) is 0 Å². The van der Waals surface area contributed by atoms with Crippen LogP contribution in [0.5, 0.6) is 0 Å². The van der Waals surface area contributed by atoms with Gasteiger partial charge in [0, 0.05) is 32.2 Å². The minimum atomic E-state index is -0.414. The average Bonchev–Trinajstić information content (AvgIpc) is 2.37. The molecule has 2 atom stereocenters. The Hall–Kier alpha value is -0.870. The Bertz CT molecular complexity index is 259. The Morgan fingerprint density at radius 3 is 2.47 bits per heavy atom. The Morgan fingerprint density at radius 2 is 2.00 bits per heavy atom. The molecule has 1 heterocycles. The van der Waals surface area contributed by atoms with Gasteiger partial charge in [0.1, 0.15) is 0 Å². The molecule has 0 aromatic carbocycles. The van der Waals surface area contributed by atoms with Crippen LogP contribution < -0.4 is 5.73 Å². The number of nitrogens with two attached hydrogens (primary N) is 1. The third-order valence-electron chi connectivity index (χ3n) is 3.58. The monoisotopic (exact) mass is 239 g/mol. The maximum Gasteiger partial charge on any atom is 0.239 e. The van der Waals surface area contributed by atoms with Crippen molar-refractivity contribution in [1.29, 1.82) is 0 Å². The van der Waals surface area contributed by atoms with Crippen molar-refractivity contribution in [3.05, 3.63) is 12.7 Å². The summed E-state index contributed by atoms with van der Waals surface area (Å²) in [5.41, 5.74) is 5.80. The van der Waals surface area contributed by atoms with Crippen LogP contribution in [0, 0.1) is 0 Å². The van der Waals surface area contributed by atoms with Crippen molar-refractivity contribution in [2.45, 2.75) is 38.8 Å². The van der Waals surface area contributed by atoms with Crippen molar-refractivity contribution in [3.63, 3.8) is 0 Å². The highest BCUT2D eigenvalue weighted by atomic mass is 16.2. The number of rotatable bonds is 5. The van der Waals surface area contributed by atoms with Crippen LogP contribution in [0.4, 0.5) is 0 Å². The molecule has 1 saturated heterocycles. The first-order valence-corrected chi connectivity index (χ1v) is 6.49. The highest BCUT2D eigenvalue weighted by Gasteiger charge is 2.25. The van der Waals surface area contributed by atoms with Crippen LogP contribution in [0.15, 0.2) is 12.7 Å². The summed E-state index contributed by atoms with van der Waals surface area (Å²) >= 11 is 0. The van der Waals surface area contributed by atoms with Crippen molar-refractivity contribution in [1.82, 2.24) is 9.80 Å². The van der Waals surface area contributed by atoms with E-state index < -0.39 is 6.04 Å². The first-order chi connectivity index (χ1) is 8.10. The highest BCUT2D eigenvalue weighted by molar-refractivity contribution is 5.81. The van der Waals surface area contributed by atoms with E-state index in [9.17, 15) is 4.79 Å². The molecule has 0 aromatic heterocycles. The molecule has 1 fully saturated rings. The van der Waals surface area contributed by atoms with Gasteiger partial charge in [-0.25, -0.2) is 0 Å². The molecular formula is C13H25N3O. The van der Waals surface area contributed by atoms with E-state index in [1.54, 1.807) is 6.08 Å². The second-order valence-corrected chi connectivity index (χ2v) is 4.75. The molecule has 2 N–H and O–H groups in total. The lowest BCUT2D eigenvalue weighted by atomic mass is 10.1. The smallest absolute Gasteiger partial charge is 0.239 e. The fourth-order valence-corrected chi connectivity index (χ4v) is 2.16. The van der Waals surface area contributed by atoms with E-state index in [0.29, 0.717) is 12.5 Å². The van der Waals surface area contributed by atoms with Gasteiger partial charge in [0.05, 0.1) is 6.04 Å². The van der Waals surface area contributed by atoms with Crippen molar-refractivity contribution in [2.75, 3.05) is 26.2 Å². The van der Waals surface area contributed by atoms with Crippen LogP contribution >= 0.6 is 0 Å². The van der Waals surface area contributed by atoms with Crippen LogP contribution in [-0.2, 0) is 4.79 Å².